The van der Waals surface area contributed by atoms with Crippen molar-refractivity contribution in [2.75, 3.05) is 32.2 Å². The van der Waals surface area contributed by atoms with Gasteiger partial charge in [0.25, 0.3) is 0 Å². The zero-order chi connectivity index (χ0) is 9.78. The van der Waals surface area contributed by atoms with E-state index in [2.05, 4.69) is 11.5 Å². The zero-order valence-electron chi connectivity index (χ0n) is 8.32. The Morgan fingerprint density at radius 2 is 1.77 bits per heavy atom. The summed E-state index contributed by atoms with van der Waals surface area (Å²) in [5, 5.41) is 2.12. The molecule has 0 unspecified atom stereocenters. The molecule has 1 aliphatic heterocycles. The Balaban J connectivity index is 0.000000243. The van der Waals surface area contributed by atoms with Crippen LogP contribution in [0, 0.1) is 0 Å². The first-order valence-electron chi connectivity index (χ1n) is 4.50. The summed E-state index contributed by atoms with van der Waals surface area (Å²) in [6.07, 6.45) is 2.16. The van der Waals surface area contributed by atoms with Gasteiger partial charge in [0.1, 0.15) is 0 Å². The maximum atomic E-state index is 5.01. The van der Waals surface area contributed by atoms with E-state index in [9.17, 15) is 0 Å². The molecule has 0 saturated heterocycles. The molecule has 0 aromatic heterocycles. The Bertz CT molecular complexity index is 106. The second-order valence-corrected chi connectivity index (χ2v) is 4.46. The van der Waals surface area contributed by atoms with Crippen molar-refractivity contribution >= 4 is 21.6 Å². The predicted octanol–water partition coefficient (Wildman–Crippen LogP) is 2.95. The average molecular weight is 222 g/mol. The Labute approximate surface area is 88.8 Å². The first-order valence-corrected chi connectivity index (χ1v) is 6.88. The minimum Gasteiger partial charge on any atom is -0.379 e. The number of hydrogen-bond acceptors (Lipinski definition) is 4. The summed E-state index contributed by atoms with van der Waals surface area (Å²) in [5.74, 6) is 1.20. The fraction of sp³-hybridized carbons (Fsp3) is 0.778. The third kappa shape index (κ3) is 12.4. The van der Waals surface area contributed by atoms with Crippen molar-refractivity contribution in [1.29, 1.82) is 0 Å². The Morgan fingerprint density at radius 1 is 1.15 bits per heavy atom. The molecule has 0 amide bonds. The van der Waals surface area contributed by atoms with Gasteiger partial charge in [-0.3, -0.25) is 0 Å². The average Bonchev–Trinajstić information content (AvgIpc) is 2.70. The fourth-order valence-corrected chi connectivity index (χ4v) is 2.17. The second-order valence-electron chi connectivity index (χ2n) is 2.15. The normalized spacial score (nSPS) is 14.0. The van der Waals surface area contributed by atoms with Gasteiger partial charge < -0.3 is 9.47 Å². The highest BCUT2D eigenvalue weighted by Crippen LogP contribution is 2.27. The van der Waals surface area contributed by atoms with E-state index in [0.717, 1.165) is 26.4 Å². The van der Waals surface area contributed by atoms with E-state index in [1.807, 2.05) is 35.4 Å². The Hall–Kier alpha value is 0.360. The molecule has 0 atom stereocenters. The van der Waals surface area contributed by atoms with Crippen LogP contribution in [0.15, 0.2) is 11.5 Å². The van der Waals surface area contributed by atoms with Crippen molar-refractivity contribution in [2.24, 2.45) is 0 Å². The van der Waals surface area contributed by atoms with Crippen molar-refractivity contribution in [1.82, 2.24) is 0 Å². The molecule has 0 N–H and O–H groups in total. The second kappa shape index (κ2) is 12.4. The lowest BCUT2D eigenvalue weighted by molar-refractivity contribution is 0.0584. The highest BCUT2D eigenvalue weighted by atomic mass is 33.1. The molecule has 2 nitrogen and oxygen atoms in total. The molecule has 0 spiro atoms. The topological polar surface area (TPSA) is 18.5 Å². The predicted molar refractivity (Wildman–Crippen MR) is 62.2 cm³/mol. The lowest BCUT2D eigenvalue weighted by atomic mass is 10.7. The minimum atomic E-state index is 0.727. The molecule has 0 aromatic rings. The van der Waals surface area contributed by atoms with Crippen LogP contribution in [0.3, 0.4) is 0 Å². The van der Waals surface area contributed by atoms with Crippen LogP contribution in [-0.4, -0.2) is 32.2 Å². The van der Waals surface area contributed by atoms with E-state index in [0.29, 0.717) is 0 Å². The monoisotopic (exact) mass is 222 g/mol. The highest BCUT2D eigenvalue weighted by Gasteiger charge is 1.86. The van der Waals surface area contributed by atoms with Gasteiger partial charge >= 0.3 is 0 Å². The summed E-state index contributed by atoms with van der Waals surface area (Å²) in [6, 6.07) is 0. The summed E-state index contributed by atoms with van der Waals surface area (Å²) in [4.78, 5) is 0. The molecular formula is C9H18O2S2. The summed E-state index contributed by atoms with van der Waals surface area (Å²) in [6.45, 7) is 6.98. The third-order valence-electron chi connectivity index (χ3n) is 1.16. The van der Waals surface area contributed by atoms with Crippen LogP contribution in [0.1, 0.15) is 13.8 Å². The van der Waals surface area contributed by atoms with Gasteiger partial charge in [-0.25, -0.2) is 0 Å². The minimum absolute atomic E-state index is 0.727. The van der Waals surface area contributed by atoms with Gasteiger partial charge in [0.15, 0.2) is 0 Å². The van der Waals surface area contributed by atoms with Crippen LogP contribution in [0.25, 0.3) is 0 Å². The van der Waals surface area contributed by atoms with Crippen molar-refractivity contribution in [3.8, 4) is 0 Å². The van der Waals surface area contributed by atoms with Gasteiger partial charge in [-0.05, 0) is 19.3 Å². The maximum Gasteiger partial charge on any atom is 0.0700 e. The SMILES string of the molecule is C1=CSSC1.CCOCCOCC. The Morgan fingerprint density at radius 3 is 2.00 bits per heavy atom. The summed E-state index contributed by atoms with van der Waals surface area (Å²) >= 11 is 0. The number of hydrogen-bond donors (Lipinski definition) is 0. The number of rotatable bonds is 5. The van der Waals surface area contributed by atoms with Crippen LogP contribution in [0.4, 0.5) is 0 Å². The molecule has 4 heteroatoms. The van der Waals surface area contributed by atoms with Gasteiger partial charge in [0.05, 0.1) is 13.2 Å². The first kappa shape index (κ1) is 13.4. The van der Waals surface area contributed by atoms with E-state index < -0.39 is 0 Å². The lowest BCUT2D eigenvalue weighted by Crippen LogP contribution is -2.02. The van der Waals surface area contributed by atoms with E-state index in [1.165, 1.54) is 5.75 Å². The van der Waals surface area contributed by atoms with E-state index in [4.69, 9.17) is 9.47 Å². The quantitative estimate of drug-likeness (QED) is 0.525. The molecule has 0 fully saturated rings. The smallest absolute Gasteiger partial charge is 0.0700 e. The Kier molecular flexibility index (Phi) is 12.7. The van der Waals surface area contributed by atoms with E-state index in [1.54, 1.807) is 0 Å². The molecule has 0 bridgehead atoms. The summed E-state index contributed by atoms with van der Waals surface area (Å²) < 4.78 is 10.0. The molecule has 13 heavy (non-hydrogen) atoms. The van der Waals surface area contributed by atoms with Crippen LogP contribution in [0.2, 0.25) is 0 Å². The van der Waals surface area contributed by atoms with Crippen molar-refractivity contribution in [3.05, 3.63) is 11.5 Å². The molecule has 1 rings (SSSR count). The van der Waals surface area contributed by atoms with Crippen LogP contribution >= 0.6 is 21.6 Å². The van der Waals surface area contributed by atoms with Crippen molar-refractivity contribution in [2.45, 2.75) is 13.8 Å². The van der Waals surface area contributed by atoms with Crippen LogP contribution in [-0.2, 0) is 9.47 Å². The van der Waals surface area contributed by atoms with Crippen LogP contribution in [0.5, 0.6) is 0 Å². The van der Waals surface area contributed by atoms with Gasteiger partial charge in [-0.15, -0.1) is 0 Å². The molecule has 1 aliphatic rings. The van der Waals surface area contributed by atoms with Gasteiger partial charge in [-0.2, -0.15) is 0 Å². The van der Waals surface area contributed by atoms with Gasteiger partial charge in [0.2, 0.25) is 0 Å². The summed E-state index contributed by atoms with van der Waals surface area (Å²) in [5.41, 5.74) is 0. The largest absolute Gasteiger partial charge is 0.379 e. The van der Waals surface area contributed by atoms with Gasteiger partial charge in [-0.1, -0.05) is 27.7 Å². The summed E-state index contributed by atoms with van der Waals surface area (Å²) in [7, 11) is 3.69. The molecule has 78 valence electrons. The van der Waals surface area contributed by atoms with Crippen molar-refractivity contribution < 1.29 is 9.47 Å². The molecule has 0 saturated carbocycles. The molecule has 0 aliphatic carbocycles. The van der Waals surface area contributed by atoms with E-state index >= 15 is 0 Å². The van der Waals surface area contributed by atoms with Crippen LogP contribution < -0.4 is 0 Å². The standard InChI is InChI=1S/C6H14O2.C3H4S2/c1-3-7-5-6-8-4-2;1-2-4-5-3-1/h3-6H2,1-2H3;1-2H,3H2. The number of ether oxygens (including phenoxy) is 2. The molecule has 0 radical (unpaired) electrons. The zero-order valence-corrected chi connectivity index (χ0v) is 9.96. The molecule has 0 aromatic carbocycles. The fourth-order valence-electron chi connectivity index (χ4n) is 0.603. The highest BCUT2D eigenvalue weighted by molar-refractivity contribution is 8.78. The van der Waals surface area contributed by atoms with Crippen molar-refractivity contribution in [3.63, 3.8) is 0 Å². The molecule has 1 heterocycles. The third-order valence-corrected chi connectivity index (χ3v) is 3.08. The maximum absolute atomic E-state index is 5.01. The first-order chi connectivity index (χ1) is 6.41. The van der Waals surface area contributed by atoms with Gasteiger partial charge in [0, 0.05) is 19.0 Å². The van der Waals surface area contributed by atoms with E-state index in [-0.39, 0.29) is 0 Å². The lowest BCUT2D eigenvalue weighted by Gasteiger charge is -1.99. The molecular weight excluding hydrogens is 204 g/mol.